The van der Waals surface area contributed by atoms with Crippen LogP contribution in [0.5, 0.6) is 0 Å². The molecule has 0 aromatic heterocycles. The second-order valence-corrected chi connectivity index (χ2v) is 14.3. The Hall–Kier alpha value is 0.400. The van der Waals surface area contributed by atoms with Gasteiger partial charge in [0.1, 0.15) is 0 Å². The van der Waals surface area contributed by atoms with Gasteiger partial charge in [-0.1, -0.05) is 103 Å². The second kappa shape index (κ2) is 11.2. The average molecular weight is 470 g/mol. The fourth-order valence-electron chi connectivity index (χ4n) is 9.05. The van der Waals surface area contributed by atoms with E-state index in [0.717, 1.165) is 33.8 Å². The molecule has 4 saturated heterocycles. The predicted octanol–water partition coefficient (Wildman–Crippen LogP) is 8.57. The van der Waals surface area contributed by atoms with E-state index in [-0.39, 0.29) is 0 Å². The van der Waals surface area contributed by atoms with Crippen LogP contribution >= 0.6 is 11.8 Å². The summed E-state index contributed by atoms with van der Waals surface area (Å²) in [6, 6.07) is 0. The van der Waals surface area contributed by atoms with Crippen LogP contribution in [0.4, 0.5) is 0 Å². The first-order chi connectivity index (χ1) is 16.3. The van der Waals surface area contributed by atoms with Crippen molar-refractivity contribution in [2.24, 2.45) is 0 Å². The summed E-state index contributed by atoms with van der Waals surface area (Å²) in [5.74, 6) is 3.51. The fraction of sp³-hybridized carbons (Fsp3) is 1.00. The minimum atomic E-state index is 0.520. The summed E-state index contributed by atoms with van der Waals surface area (Å²) in [6.07, 6.45) is 29.4. The minimum absolute atomic E-state index is 0.520. The zero-order valence-electron chi connectivity index (χ0n) is 21.1. The molecule has 184 valence electrons. The Labute approximate surface area is 209 Å². The average Bonchev–Trinajstić information content (AvgIpc) is 2.81. The molecule has 6 aliphatic rings. The normalized spacial score (nSPS) is 44.0. The number of rotatable bonds is 6. The van der Waals surface area contributed by atoms with E-state index in [4.69, 9.17) is 9.31 Å². The van der Waals surface area contributed by atoms with Crippen LogP contribution < -0.4 is 0 Å². The molecule has 4 atom stereocenters. The van der Waals surface area contributed by atoms with Gasteiger partial charge in [-0.05, 0) is 49.0 Å². The molecule has 6 rings (SSSR count). The summed E-state index contributed by atoms with van der Waals surface area (Å²) in [5, 5.41) is 1.45. The number of fused-ring (bicyclic) bond motifs is 4. The van der Waals surface area contributed by atoms with Gasteiger partial charge in [-0.25, -0.2) is 0 Å². The van der Waals surface area contributed by atoms with Crippen LogP contribution in [-0.2, 0) is 9.31 Å². The van der Waals surface area contributed by atoms with Crippen LogP contribution in [0.1, 0.15) is 128 Å². The molecule has 2 saturated carbocycles. The van der Waals surface area contributed by atoms with Gasteiger partial charge in [-0.2, -0.15) is 0 Å². The van der Waals surface area contributed by atoms with Gasteiger partial charge in [-0.15, -0.1) is 11.8 Å². The maximum atomic E-state index is 7.14. The third-order valence-corrected chi connectivity index (χ3v) is 12.5. The monoisotopic (exact) mass is 470 g/mol. The topological polar surface area (TPSA) is 18.5 Å². The van der Waals surface area contributed by atoms with Gasteiger partial charge in [0, 0.05) is 10.5 Å². The summed E-state index contributed by atoms with van der Waals surface area (Å²) < 4.78 is 14.3. The molecule has 0 aromatic rings. The van der Waals surface area contributed by atoms with Crippen molar-refractivity contribution in [3.05, 3.63) is 0 Å². The molecular formula is C28H48B2O2S. The molecule has 4 unspecified atom stereocenters. The summed E-state index contributed by atoms with van der Waals surface area (Å²) in [6.45, 7) is 1.19. The van der Waals surface area contributed by atoms with Gasteiger partial charge in [0.15, 0.2) is 0 Å². The first kappa shape index (κ1) is 23.8. The number of hydrogen-bond acceptors (Lipinski definition) is 3. The lowest BCUT2D eigenvalue weighted by atomic mass is 9.38. The molecule has 5 heteroatoms. The Bertz CT molecular complexity index is 539. The molecule has 2 aliphatic carbocycles. The van der Waals surface area contributed by atoms with Crippen molar-refractivity contribution in [1.82, 2.24) is 0 Å². The zero-order chi connectivity index (χ0) is 22.0. The summed E-state index contributed by atoms with van der Waals surface area (Å²) >= 11 is 2.34. The quantitative estimate of drug-likeness (QED) is 0.362. The van der Waals surface area contributed by atoms with Gasteiger partial charge in [0.2, 0.25) is 0 Å². The van der Waals surface area contributed by atoms with E-state index in [1.165, 1.54) is 128 Å². The standard InChI is InChI=1S/C28H48B2O2S/c1-3-19-27(25(17-1)31-29-21-9-5-10-22(29)12-6-11-21)33-28-20-4-2-18-26(28)32-30-23-13-7-14-24(30)16-8-15-23/h21-28H,1-20H2. The van der Waals surface area contributed by atoms with Crippen LogP contribution in [0.2, 0.25) is 23.3 Å². The molecule has 0 spiro atoms. The molecule has 6 fully saturated rings. The lowest BCUT2D eigenvalue weighted by Crippen LogP contribution is -2.46. The summed E-state index contributed by atoms with van der Waals surface area (Å²) in [7, 11) is 0. The van der Waals surface area contributed by atoms with E-state index in [2.05, 4.69) is 11.8 Å². The molecule has 2 nitrogen and oxygen atoms in total. The largest absolute Gasteiger partial charge is 0.432 e. The van der Waals surface area contributed by atoms with Gasteiger partial charge < -0.3 is 9.31 Å². The Morgan fingerprint density at radius 2 is 0.727 bits per heavy atom. The van der Waals surface area contributed by atoms with E-state index in [9.17, 15) is 0 Å². The van der Waals surface area contributed by atoms with Crippen molar-refractivity contribution in [1.29, 1.82) is 0 Å². The Balaban J connectivity index is 1.10. The number of hydrogen-bond donors (Lipinski definition) is 0. The van der Waals surface area contributed by atoms with Gasteiger partial charge in [-0.3, -0.25) is 0 Å². The maximum absolute atomic E-state index is 7.14. The lowest BCUT2D eigenvalue weighted by Gasteiger charge is -2.46. The van der Waals surface area contributed by atoms with E-state index < -0.39 is 0 Å². The van der Waals surface area contributed by atoms with Crippen LogP contribution in [0, 0.1) is 0 Å². The Morgan fingerprint density at radius 3 is 1.09 bits per heavy atom. The van der Waals surface area contributed by atoms with E-state index in [1.54, 1.807) is 0 Å². The SMILES string of the molecule is C1CC2CCCC(C1)B2OC1CCCCC1SC1CCCCC1OB1C2CCCC1CCC2. The Morgan fingerprint density at radius 1 is 0.394 bits per heavy atom. The fourth-order valence-corrected chi connectivity index (χ4v) is 10.9. The molecule has 0 radical (unpaired) electrons. The van der Waals surface area contributed by atoms with Crippen molar-refractivity contribution in [2.75, 3.05) is 0 Å². The predicted molar refractivity (Wildman–Crippen MR) is 144 cm³/mol. The highest BCUT2D eigenvalue weighted by molar-refractivity contribution is 8.00. The van der Waals surface area contributed by atoms with Crippen molar-refractivity contribution in [2.45, 2.75) is 174 Å². The molecule has 0 amide bonds. The first-order valence-corrected chi connectivity index (χ1v) is 16.3. The minimum Gasteiger partial charge on any atom is -0.432 e. The molecule has 0 N–H and O–H groups in total. The molecule has 33 heavy (non-hydrogen) atoms. The van der Waals surface area contributed by atoms with Crippen LogP contribution in [0.15, 0.2) is 0 Å². The number of thioether (sulfide) groups is 1. The molecular weight excluding hydrogens is 422 g/mol. The van der Waals surface area contributed by atoms with Crippen molar-refractivity contribution >= 4 is 25.6 Å². The second-order valence-electron chi connectivity index (χ2n) is 12.8. The highest BCUT2D eigenvalue weighted by atomic mass is 32.2. The van der Waals surface area contributed by atoms with Crippen molar-refractivity contribution < 1.29 is 9.31 Å². The first-order valence-electron chi connectivity index (χ1n) is 15.3. The van der Waals surface area contributed by atoms with Gasteiger partial charge >= 0.3 is 0 Å². The molecule has 4 aliphatic heterocycles. The van der Waals surface area contributed by atoms with Crippen LogP contribution in [-0.4, -0.2) is 36.5 Å². The maximum Gasteiger partial charge on any atom is 0.299 e. The molecule has 0 aromatic carbocycles. The van der Waals surface area contributed by atoms with E-state index in [1.807, 2.05) is 0 Å². The molecule has 4 bridgehead atoms. The highest BCUT2D eigenvalue weighted by Gasteiger charge is 2.46. The van der Waals surface area contributed by atoms with Crippen molar-refractivity contribution in [3.8, 4) is 0 Å². The van der Waals surface area contributed by atoms with Gasteiger partial charge in [0.25, 0.3) is 13.8 Å². The zero-order valence-corrected chi connectivity index (χ0v) is 22.0. The third-order valence-electron chi connectivity index (χ3n) is 10.8. The van der Waals surface area contributed by atoms with Crippen LogP contribution in [0.3, 0.4) is 0 Å². The highest BCUT2D eigenvalue weighted by Crippen LogP contribution is 2.50. The smallest absolute Gasteiger partial charge is 0.299 e. The van der Waals surface area contributed by atoms with Crippen molar-refractivity contribution in [3.63, 3.8) is 0 Å². The Kier molecular flexibility index (Phi) is 8.07. The molecule has 4 heterocycles. The van der Waals surface area contributed by atoms with Gasteiger partial charge in [0.05, 0.1) is 12.2 Å². The summed E-state index contributed by atoms with van der Waals surface area (Å²) in [4.78, 5) is 0. The van der Waals surface area contributed by atoms with E-state index in [0.29, 0.717) is 26.0 Å². The van der Waals surface area contributed by atoms with Crippen LogP contribution in [0.25, 0.3) is 0 Å². The third kappa shape index (κ3) is 5.41. The summed E-state index contributed by atoms with van der Waals surface area (Å²) in [5.41, 5.74) is 0. The lowest BCUT2D eigenvalue weighted by molar-refractivity contribution is 0.133. The van der Waals surface area contributed by atoms with E-state index >= 15 is 0 Å².